The number of carboxylic acids is 1. The van der Waals surface area contributed by atoms with E-state index in [-0.39, 0.29) is 24.1 Å². The molecule has 0 saturated heterocycles. The molecule has 168 valence electrons. The van der Waals surface area contributed by atoms with Crippen LogP contribution in [0.2, 0.25) is 0 Å². The van der Waals surface area contributed by atoms with Gasteiger partial charge in [0, 0.05) is 30.9 Å². The van der Waals surface area contributed by atoms with Crippen molar-refractivity contribution in [2.75, 3.05) is 6.54 Å². The lowest BCUT2D eigenvalue weighted by molar-refractivity contribution is -0.137. The van der Waals surface area contributed by atoms with Crippen molar-refractivity contribution in [3.8, 4) is 11.1 Å². The van der Waals surface area contributed by atoms with Crippen LogP contribution in [0.5, 0.6) is 0 Å². The zero-order valence-electron chi connectivity index (χ0n) is 19.0. The number of aliphatic carboxylic acids is 1. The average molecular weight is 433 g/mol. The lowest BCUT2D eigenvalue weighted by atomic mass is 9.95. The van der Waals surface area contributed by atoms with Gasteiger partial charge in [0.2, 0.25) is 0 Å². The number of hydrogen-bond donors (Lipinski definition) is 2. The van der Waals surface area contributed by atoms with Crippen molar-refractivity contribution in [1.82, 2.24) is 9.88 Å². The first-order valence-electron chi connectivity index (χ1n) is 11.1. The van der Waals surface area contributed by atoms with E-state index in [1.807, 2.05) is 36.5 Å². The van der Waals surface area contributed by atoms with E-state index >= 15 is 0 Å². The SMILES string of the molecule is Cc1ccccc1-c1cccc([C@H](CC(=O)O)NCC(CC(C)C)n2ccccc2=O)c1. The fourth-order valence-corrected chi connectivity index (χ4v) is 4.16. The third-order valence-corrected chi connectivity index (χ3v) is 5.71. The highest BCUT2D eigenvalue weighted by atomic mass is 16.4. The maximum absolute atomic E-state index is 12.4. The Hall–Kier alpha value is -3.18. The summed E-state index contributed by atoms with van der Waals surface area (Å²) >= 11 is 0. The molecular weight excluding hydrogens is 400 g/mol. The Bertz CT molecular complexity index is 1100. The number of rotatable bonds is 10. The second-order valence-corrected chi connectivity index (χ2v) is 8.73. The smallest absolute Gasteiger partial charge is 0.305 e. The molecule has 0 spiro atoms. The van der Waals surface area contributed by atoms with Crippen LogP contribution in [0, 0.1) is 12.8 Å². The molecule has 2 N–H and O–H groups in total. The monoisotopic (exact) mass is 432 g/mol. The Kier molecular flexibility index (Phi) is 8.01. The van der Waals surface area contributed by atoms with Crippen LogP contribution in [0.4, 0.5) is 0 Å². The number of aromatic nitrogens is 1. The number of pyridine rings is 1. The first-order chi connectivity index (χ1) is 15.3. The number of benzene rings is 2. The quantitative estimate of drug-likeness (QED) is 0.461. The molecule has 5 heteroatoms. The van der Waals surface area contributed by atoms with Crippen LogP contribution in [0.25, 0.3) is 11.1 Å². The van der Waals surface area contributed by atoms with Gasteiger partial charge in [-0.1, -0.05) is 62.4 Å². The topological polar surface area (TPSA) is 71.3 Å². The third-order valence-electron chi connectivity index (χ3n) is 5.71. The standard InChI is InChI=1S/C27H32N2O3/c1-19(2)15-23(29-14-7-6-13-26(29)30)18-28-25(17-27(31)32)22-11-8-10-21(16-22)24-12-5-4-9-20(24)3/h4-14,16,19,23,25,28H,15,17-18H2,1-3H3,(H,31,32)/t23?,25-/m0/s1. The van der Waals surface area contributed by atoms with Crippen LogP contribution in [0.3, 0.4) is 0 Å². The molecule has 1 unspecified atom stereocenters. The highest BCUT2D eigenvalue weighted by Crippen LogP contribution is 2.27. The number of carbonyl (C=O) groups is 1. The lowest BCUT2D eigenvalue weighted by Gasteiger charge is -2.26. The van der Waals surface area contributed by atoms with Crippen LogP contribution >= 0.6 is 0 Å². The zero-order chi connectivity index (χ0) is 23.1. The van der Waals surface area contributed by atoms with Crippen molar-refractivity contribution < 1.29 is 9.90 Å². The summed E-state index contributed by atoms with van der Waals surface area (Å²) < 4.78 is 1.74. The molecule has 0 aliphatic rings. The molecule has 0 fully saturated rings. The van der Waals surface area contributed by atoms with Crippen molar-refractivity contribution >= 4 is 5.97 Å². The maximum atomic E-state index is 12.4. The minimum atomic E-state index is -0.860. The number of carboxylic acid groups (broad SMARTS) is 1. The predicted octanol–water partition coefficient (Wildman–Crippen LogP) is 5.22. The van der Waals surface area contributed by atoms with E-state index in [1.165, 1.54) is 5.56 Å². The molecule has 0 bridgehead atoms. The normalized spacial score (nSPS) is 13.1. The molecular formula is C27H32N2O3. The molecule has 3 rings (SSSR count). The Morgan fingerprint density at radius 1 is 1.03 bits per heavy atom. The molecule has 1 heterocycles. The molecule has 5 nitrogen and oxygen atoms in total. The van der Waals surface area contributed by atoms with Gasteiger partial charge in [0.15, 0.2) is 0 Å². The van der Waals surface area contributed by atoms with E-state index in [1.54, 1.807) is 16.7 Å². The summed E-state index contributed by atoms with van der Waals surface area (Å²) in [6, 6.07) is 21.0. The first-order valence-corrected chi connectivity index (χ1v) is 11.1. The summed E-state index contributed by atoms with van der Waals surface area (Å²) in [6.07, 6.45) is 2.59. The Morgan fingerprint density at radius 2 is 1.78 bits per heavy atom. The van der Waals surface area contributed by atoms with Gasteiger partial charge < -0.3 is 15.0 Å². The van der Waals surface area contributed by atoms with E-state index in [4.69, 9.17) is 0 Å². The molecule has 3 aromatic rings. The minimum absolute atomic E-state index is 0.0324. The number of hydrogen-bond acceptors (Lipinski definition) is 3. The van der Waals surface area contributed by atoms with Gasteiger partial charge in [0.25, 0.3) is 5.56 Å². The van der Waals surface area contributed by atoms with Gasteiger partial charge >= 0.3 is 5.97 Å². The third kappa shape index (κ3) is 6.17. The molecule has 32 heavy (non-hydrogen) atoms. The molecule has 0 saturated carbocycles. The summed E-state index contributed by atoms with van der Waals surface area (Å²) in [5, 5.41) is 13.0. The summed E-state index contributed by atoms with van der Waals surface area (Å²) in [5.74, 6) is -0.461. The number of nitrogens with zero attached hydrogens (tertiary/aromatic N) is 1. The molecule has 2 aromatic carbocycles. The van der Waals surface area contributed by atoms with Gasteiger partial charge in [-0.3, -0.25) is 9.59 Å². The molecule has 1 aromatic heterocycles. The number of aryl methyl sites for hydroxylation is 1. The van der Waals surface area contributed by atoms with Crippen molar-refractivity contribution in [3.63, 3.8) is 0 Å². The maximum Gasteiger partial charge on any atom is 0.305 e. The fourth-order valence-electron chi connectivity index (χ4n) is 4.16. The van der Waals surface area contributed by atoms with E-state index < -0.39 is 5.97 Å². The minimum Gasteiger partial charge on any atom is -0.481 e. The molecule has 0 aliphatic carbocycles. The van der Waals surface area contributed by atoms with Gasteiger partial charge in [-0.25, -0.2) is 0 Å². The lowest BCUT2D eigenvalue weighted by Crippen LogP contribution is -2.35. The molecule has 2 atom stereocenters. The zero-order valence-corrected chi connectivity index (χ0v) is 19.0. The van der Waals surface area contributed by atoms with E-state index in [2.05, 4.69) is 50.4 Å². The van der Waals surface area contributed by atoms with E-state index in [9.17, 15) is 14.7 Å². The van der Waals surface area contributed by atoms with Crippen LogP contribution in [-0.4, -0.2) is 22.2 Å². The first kappa shape index (κ1) is 23.5. The van der Waals surface area contributed by atoms with Crippen molar-refractivity contribution in [2.24, 2.45) is 5.92 Å². The average Bonchev–Trinajstić information content (AvgIpc) is 2.76. The molecule has 0 radical (unpaired) electrons. The largest absolute Gasteiger partial charge is 0.481 e. The van der Waals surface area contributed by atoms with E-state index in [0.717, 1.165) is 23.1 Å². The second-order valence-electron chi connectivity index (χ2n) is 8.73. The fraction of sp³-hybridized carbons (Fsp3) is 0.333. The van der Waals surface area contributed by atoms with Crippen molar-refractivity contribution in [1.29, 1.82) is 0 Å². The molecule has 0 amide bonds. The summed E-state index contributed by atoms with van der Waals surface area (Å²) in [6.45, 7) is 6.83. The van der Waals surface area contributed by atoms with Crippen LogP contribution in [0.1, 0.15) is 49.9 Å². The number of nitrogens with one attached hydrogen (secondary N) is 1. The van der Waals surface area contributed by atoms with Gasteiger partial charge in [-0.2, -0.15) is 0 Å². The van der Waals surface area contributed by atoms with Gasteiger partial charge in [0.1, 0.15) is 0 Å². The molecule has 0 aliphatic heterocycles. The summed E-state index contributed by atoms with van der Waals surface area (Å²) in [5.41, 5.74) is 4.26. The second kappa shape index (κ2) is 10.9. The Morgan fingerprint density at radius 3 is 2.47 bits per heavy atom. The van der Waals surface area contributed by atoms with Gasteiger partial charge in [-0.15, -0.1) is 0 Å². The van der Waals surface area contributed by atoms with Gasteiger partial charge in [-0.05, 0) is 53.6 Å². The van der Waals surface area contributed by atoms with Crippen LogP contribution in [-0.2, 0) is 4.79 Å². The summed E-state index contributed by atoms with van der Waals surface area (Å²) in [4.78, 5) is 24.1. The van der Waals surface area contributed by atoms with Crippen LogP contribution in [0.15, 0.2) is 77.7 Å². The highest BCUT2D eigenvalue weighted by molar-refractivity contribution is 5.70. The van der Waals surface area contributed by atoms with Gasteiger partial charge in [0.05, 0.1) is 6.42 Å². The predicted molar refractivity (Wildman–Crippen MR) is 129 cm³/mol. The van der Waals surface area contributed by atoms with Crippen molar-refractivity contribution in [3.05, 3.63) is 94.4 Å². The van der Waals surface area contributed by atoms with E-state index in [0.29, 0.717) is 12.5 Å². The van der Waals surface area contributed by atoms with Crippen molar-refractivity contribution in [2.45, 2.75) is 45.7 Å². The Labute approximate surface area is 189 Å². The Balaban J connectivity index is 1.87. The highest BCUT2D eigenvalue weighted by Gasteiger charge is 2.20. The van der Waals surface area contributed by atoms with Crippen LogP contribution < -0.4 is 10.9 Å². The summed E-state index contributed by atoms with van der Waals surface area (Å²) in [7, 11) is 0.